The van der Waals surface area contributed by atoms with Crippen LogP contribution in [0.5, 0.6) is 0 Å². The zero-order valence-corrected chi connectivity index (χ0v) is 8.83. The highest BCUT2D eigenvalue weighted by atomic mass is 16.5. The lowest BCUT2D eigenvalue weighted by molar-refractivity contribution is -0.139. The molecule has 1 aromatic carbocycles. The van der Waals surface area contributed by atoms with Gasteiger partial charge < -0.3 is 4.74 Å². The van der Waals surface area contributed by atoms with Crippen molar-refractivity contribution in [2.24, 2.45) is 0 Å². The van der Waals surface area contributed by atoms with Crippen LogP contribution in [0.2, 0.25) is 0 Å². The minimum Gasteiger partial charge on any atom is -0.469 e. The van der Waals surface area contributed by atoms with Gasteiger partial charge in [-0.15, -0.1) is 0 Å². The number of hydrogen-bond acceptors (Lipinski definition) is 4. The molecule has 0 aliphatic carbocycles. The van der Waals surface area contributed by atoms with Gasteiger partial charge in [0.05, 0.1) is 12.8 Å². The highest BCUT2D eigenvalue weighted by Gasteiger charge is 2.07. The molecule has 0 bridgehead atoms. The summed E-state index contributed by atoms with van der Waals surface area (Å²) in [5, 5.41) is 4.17. The molecular weight excluding hydrogens is 206 g/mol. The van der Waals surface area contributed by atoms with E-state index in [0.717, 1.165) is 5.69 Å². The molecule has 0 saturated carbocycles. The molecule has 0 fully saturated rings. The van der Waals surface area contributed by atoms with Crippen molar-refractivity contribution in [2.75, 3.05) is 7.11 Å². The molecule has 16 heavy (non-hydrogen) atoms. The Labute approximate surface area is 92.7 Å². The molecule has 0 N–H and O–H groups in total. The molecule has 0 radical (unpaired) electrons. The SMILES string of the molecule is COC(=O)Cc1ncn(-c2ccccc2)n1. The van der Waals surface area contributed by atoms with Gasteiger partial charge >= 0.3 is 5.97 Å². The van der Waals surface area contributed by atoms with E-state index in [-0.39, 0.29) is 12.4 Å². The van der Waals surface area contributed by atoms with Gasteiger partial charge in [0.1, 0.15) is 12.7 Å². The van der Waals surface area contributed by atoms with Crippen molar-refractivity contribution in [3.63, 3.8) is 0 Å². The summed E-state index contributed by atoms with van der Waals surface area (Å²) in [4.78, 5) is 15.0. The molecule has 0 aliphatic heterocycles. The molecule has 1 aromatic heterocycles. The lowest BCUT2D eigenvalue weighted by Crippen LogP contribution is -2.06. The van der Waals surface area contributed by atoms with Crippen molar-refractivity contribution in [3.05, 3.63) is 42.5 Å². The van der Waals surface area contributed by atoms with Crippen LogP contribution < -0.4 is 0 Å². The Morgan fingerprint density at radius 1 is 1.38 bits per heavy atom. The predicted molar refractivity (Wildman–Crippen MR) is 57.1 cm³/mol. The van der Waals surface area contributed by atoms with Gasteiger partial charge in [-0.1, -0.05) is 18.2 Å². The van der Waals surface area contributed by atoms with Gasteiger partial charge in [-0.25, -0.2) is 9.67 Å². The number of para-hydroxylation sites is 1. The lowest BCUT2D eigenvalue weighted by Gasteiger charge is -1.98. The summed E-state index contributed by atoms with van der Waals surface area (Å²) < 4.78 is 6.16. The van der Waals surface area contributed by atoms with Crippen molar-refractivity contribution < 1.29 is 9.53 Å². The second-order valence-electron chi connectivity index (χ2n) is 3.19. The first-order valence-electron chi connectivity index (χ1n) is 4.82. The number of carbonyl (C=O) groups excluding carboxylic acids is 1. The van der Waals surface area contributed by atoms with E-state index in [1.54, 1.807) is 11.0 Å². The van der Waals surface area contributed by atoms with E-state index < -0.39 is 0 Å². The Morgan fingerprint density at radius 3 is 2.81 bits per heavy atom. The van der Waals surface area contributed by atoms with Gasteiger partial charge in [0.2, 0.25) is 0 Å². The molecule has 5 nitrogen and oxygen atoms in total. The number of ether oxygens (including phenoxy) is 1. The first-order chi connectivity index (χ1) is 7.79. The van der Waals surface area contributed by atoms with Crippen LogP contribution in [0.3, 0.4) is 0 Å². The minimum atomic E-state index is -0.342. The van der Waals surface area contributed by atoms with Crippen molar-refractivity contribution in [1.82, 2.24) is 14.8 Å². The van der Waals surface area contributed by atoms with Crippen molar-refractivity contribution in [2.45, 2.75) is 6.42 Å². The van der Waals surface area contributed by atoms with Crippen LogP contribution in [0, 0.1) is 0 Å². The zero-order chi connectivity index (χ0) is 11.4. The highest BCUT2D eigenvalue weighted by Crippen LogP contribution is 2.05. The van der Waals surface area contributed by atoms with Crippen LogP contribution in [0.15, 0.2) is 36.7 Å². The molecule has 2 aromatic rings. The van der Waals surface area contributed by atoms with Gasteiger partial charge in [0.25, 0.3) is 0 Å². The summed E-state index contributed by atoms with van der Waals surface area (Å²) in [5.41, 5.74) is 0.908. The fourth-order valence-electron chi connectivity index (χ4n) is 1.28. The molecule has 5 heteroatoms. The van der Waals surface area contributed by atoms with E-state index in [2.05, 4.69) is 14.8 Å². The number of carbonyl (C=O) groups is 1. The summed E-state index contributed by atoms with van der Waals surface area (Å²) in [5.74, 6) is 0.113. The van der Waals surface area contributed by atoms with Crippen molar-refractivity contribution >= 4 is 5.97 Å². The van der Waals surface area contributed by atoms with E-state index in [1.807, 2.05) is 30.3 Å². The van der Waals surface area contributed by atoms with Gasteiger partial charge in [-0.05, 0) is 12.1 Å². The summed E-state index contributed by atoms with van der Waals surface area (Å²) in [6.45, 7) is 0. The van der Waals surface area contributed by atoms with Gasteiger partial charge in [-0.2, -0.15) is 5.10 Å². The molecule has 1 heterocycles. The summed E-state index contributed by atoms with van der Waals surface area (Å²) >= 11 is 0. The number of rotatable bonds is 3. The average molecular weight is 217 g/mol. The van der Waals surface area contributed by atoms with Crippen LogP contribution >= 0.6 is 0 Å². The number of esters is 1. The van der Waals surface area contributed by atoms with Crippen molar-refractivity contribution in [1.29, 1.82) is 0 Å². The Kier molecular flexibility index (Phi) is 2.95. The van der Waals surface area contributed by atoms with E-state index >= 15 is 0 Å². The summed E-state index contributed by atoms with van der Waals surface area (Å²) in [7, 11) is 1.34. The van der Waals surface area contributed by atoms with Crippen molar-refractivity contribution in [3.8, 4) is 5.69 Å². The monoisotopic (exact) mass is 217 g/mol. The molecule has 82 valence electrons. The molecule has 0 atom stereocenters. The second kappa shape index (κ2) is 4.57. The average Bonchev–Trinajstić information content (AvgIpc) is 2.78. The normalized spacial score (nSPS) is 10.1. The Morgan fingerprint density at radius 2 is 2.12 bits per heavy atom. The fourth-order valence-corrected chi connectivity index (χ4v) is 1.28. The Bertz CT molecular complexity index is 479. The number of hydrogen-bond donors (Lipinski definition) is 0. The lowest BCUT2D eigenvalue weighted by atomic mass is 10.3. The molecule has 2 rings (SSSR count). The maximum atomic E-state index is 11.0. The topological polar surface area (TPSA) is 57.0 Å². The van der Waals surface area contributed by atoms with E-state index in [0.29, 0.717) is 5.82 Å². The smallest absolute Gasteiger partial charge is 0.313 e. The number of nitrogens with zero attached hydrogens (tertiary/aromatic N) is 3. The number of benzene rings is 1. The first-order valence-corrected chi connectivity index (χ1v) is 4.82. The Hall–Kier alpha value is -2.17. The summed E-state index contributed by atoms with van der Waals surface area (Å²) in [6.07, 6.45) is 1.67. The molecule has 0 spiro atoms. The number of aromatic nitrogens is 3. The standard InChI is InChI=1S/C11H11N3O2/c1-16-11(15)7-10-12-8-14(13-10)9-5-3-2-4-6-9/h2-6,8H,7H2,1H3. The predicted octanol–water partition coefficient (Wildman–Crippen LogP) is 0.983. The molecule has 0 saturated heterocycles. The number of methoxy groups -OCH3 is 1. The Balaban J connectivity index is 2.17. The highest BCUT2D eigenvalue weighted by molar-refractivity contribution is 5.71. The third kappa shape index (κ3) is 2.25. The molecule has 0 aliphatic rings. The van der Waals surface area contributed by atoms with Crippen LogP contribution in [0.25, 0.3) is 5.69 Å². The van der Waals surface area contributed by atoms with Crippen LogP contribution in [-0.4, -0.2) is 27.8 Å². The maximum Gasteiger partial charge on any atom is 0.313 e. The van der Waals surface area contributed by atoms with Crippen LogP contribution in [0.4, 0.5) is 0 Å². The molecule has 0 unspecified atom stereocenters. The maximum absolute atomic E-state index is 11.0. The first kappa shape index (κ1) is 10.4. The van der Waals surface area contributed by atoms with E-state index in [1.165, 1.54) is 7.11 Å². The third-order valence-electron chi connectivity index (χ3n) is 2.09. The third-order valence-corrected chi connectivity index (χ3v) is 2.09. The minimum absolute atomic E-state index is 0.0936. The van der Waals surface area contributed by atoms with Crippen LogP contribution in [0.1, 0.15) is 5.82 Å². The fraction of sp³-hybridized carbons (Fsp3) is 0.182. The molecular formula is C11H11N3O2. The second-order valence-corrected chi connectivity index (χ2v) is 3.19. The zero-order valence-electron chi connectivity index (χ0n) is 8.83. The van der Waals surface area contributed by atoms with Gasteiger partial charge in [0.15, 0.2) is 5.82 Å². The van der Waals surface area contributed by atoms with Crippen LogP contribution in [-0.2, 0) is 16.0 Å². The van der Waals surface area contributed by atoms with Gasteiger partial charge in [-0.3, -0.25) is 4.79 Å². The van der Waals surface area contributed by atoms with E-state index in [4.69, 9.17) is 0 Å². The van der Waals surface area contributed by atoms with E-state index in [9.17, 15) is 4.79 Å². The largest absolute Gasteiger partial charge is 0.469 e. The quantitative estimate of drug-likeness (QED) is 0.719. The summed E-state index contributed by atoms with van der Waals surface area (Å²) in [6, 6.07) is 9.58. The van der Waals surface area contributed by atoms with Gasteiger partial charge in [0, 0.05) is 0 Å². The molecule has 0 amide bonds.